The number of nitrogens with zero attached hydrogens (tertiary/aromatic N) is 2. The summed E-state index contributed by atoms with van der Waals surface area (Å²) in [6, 6.07) is 0. The van der Waals surface area contributed by atoms with E-state index in [0.29, 0.717) is 11.8 Å². The lowest BCUT2D eigenvalue weighted by atomic mass is 10.2. The Labute approximate surface area is 105 Å². The van der Waals surface area contributed by atoms with Gasteiger partial charge in [-0.25, -0.2) is 4.98 Å². The standard InChI is InChI=1S/C12H15ClN2O2/c13-12-14-6-8(7-4-5-7)11(15-12)17-10-3-1-2-9(10)16/h6-7,9-10,16H,1-5H2. The van der Waals surface area contributed by atoms with Crippen LogP contribution in [-0.2, 0) is 0 Å². The molecule has 0 aliphatic heterocycles. The van der Waals surface area contributed by atoms with Crippen molar-refractivity contribution in [2.24, 2.45) is 0 Å². The lowest BCUT2D eigenvalue weighted by molar-refractivity contribution is 0.0566. The topological polar surface area (TPSA) is 55.2 Å². The van der Waals surface area contributed by atoms with Crippen LogP contribution in [-0.4, -0.2) is 27.3 Å². The van der Waals surface area contributed by atoms with Crippen LogP contribution in [0, 0.1) is 0 Å². The molecule has 2 atom stereocenters. The van der Waals surface area contributed by atoms with E-state index in [2.05, 4.69) is 9.97 Å². The first-order chi connectivity index (χ1) is 8.24. The SMILES string of the molecule is OC1CCCC1Oc1nc(Cl)ncc1C1CC1. The van der Waals surface area contributed by atoms with Crippen molar-refractivity contribution in [3.63, 3.8) is 0 Å². The second kappa shape index (κ2) is 4.42. The highest BCUT2D eigenvalue weighted by Gasteiger charge is 2.32. The van der Waals surface area contributed by atoms with Crippen molar-refractivity contribution < 1.29 is 9.84 Å². The van der Waals surface area contributed by atoms with Crippen LogP contribution in [0.4, 0.5) is 0 Å². The fourth-order valence-corrected chi connectivity index (χ4v) is 2.44. The summed E-state index contributed by atoms with van der Waals surface area (Å²) in [6.45, 7) is 0. The van der Waals surface area contributed by atoms with Crippen LogP contribution >= 0.6 is 11.6 Å². The molecule has 0 amide bonds. The van der Waals surface area contributed by atoms with E-state index < -0.39 is 0 Å². The largest absolute Gasteiger partial charge is 0.471 e. The molecule has 2 saturated carbocycles. The molecule has 0 radical (unpaired) electrons. The van der Waals surface area contributed by atoms with Gasteiger partial charge in [0.2, 0.25) is 11.2 Å². The zero-order valence-corrected chi connectivity index (χ0v) is 10.2. The van der Waals surface area contributed by atoms with Crippen LogP contribution in [0.3, 0.4) is 0 Å². The molecular formula is C12H15ClN2O2. The first-order valence-electron chi connectivity index (χ1n) is 6.11. The number of aromatic nitrogens is 2. The molecular weight excluding hydrogens is 240 g/mol. The maximum Gasteiger partial charge on any atom is 0.225 e. The molecule has 1 aromatic heterocycles. The fraction of sp³-hybridized carbons (Fsp3) is 0.667. The molecule has 0 aromatic carbocycles. The summed E-state index contributed by atoms with van der Waals surface area (Å²) in [5, 5.41) is 9.97. The van der Waals surface area contributed by atoms with Gasteiger partial charge in [0.15, 0.2) is 0 Å². The molecule has 0 spiro atoms. The molecule has 2 unspecified atom stereocenters. The molecule has 2 aliphatic rings. The van der Waals surface area contributed by atoms with Gasteiger partial charge in [-0.15, -0.1) is 0 Å². The first-order valence-corrected chi connectivity index (χ1v) is 6.49. The third-order valence-electron chi connectivity index (χ3n) is 3.45. The second-order valence-electron chi connectivity index (χ2n) is 4.83. The van der Waals surface area contributed by atoms with Crippen molar-refractivity contribution in [1.29, 1.82) is 0 Å². The van der Waals surface area contributed by atoms with E-state index in [1.165, 1.54) is 0 Å². The monoisotopic (exact) mass is 254 g/mol. The first kappa shape index (κ1) is 11.2. The van der Waals surface area contributed by atoms with Gasteiger partial charge in [0, 0.05) is 11.8 Å². The molecule has 1 aromatic rings. The van der Waals surface area contributed by atoms with Crippen molar-refractivity contribution in [3.05, 3.63) is 17.0 Å². The molecule has 1 heterocycles. The number of rotatable bonds is 3. The summed E-state index contributed by atoms with van der Waals surface area (Å²) in [5.74, 6) is 1.08. The maximum absolute atomic E-state index is 9.76. The molecule has 4 nitrogen and oxygen atoms in total. The van der Waals surface area contributed by atoms with Crippen molar-refractivity contribution in [2.45, 2.75) is 50.2 Å². The van der Waals surface area contributed by atoms with E-state index in [0.717, 1.165) is 37.7 Å². The summed E-state index contributed by atoms with van der Waals surface area (Å²) < 4.78 is 5.82. The van der Waals surface area contributed by atoms with Gasteiger partial charge in [-0.2, -0.15) is 4.98 Å². The van der Waals surface area contributed by atoms with Gasteiger partial charge in [0.1, 0.15) is 6.10 Å². The number of ether oxygens (including phenoxy) is 1. The van der Waals surface area contributed by atoms with Gasteiger partial charge < -0.3 is 9.84 Å². The second-order valence-corrected chi connectivity index (χ2v) is 5.17. The van der Waals surface area contributed by atoms with E-state index in [1.54, 1.807) is 6.20 Å². The Morgan fingerprint density at radius 2 is 2.12 bits per heavy atom. The van der Waals surface area contributed by atoms with Crippen molar-refractivity contribution in [3.8, 4) is 5.88 Å². The predicted octanol–water partition coefficient (Wildman–Crippen LogP) is 2.30. The molecule has 5 heteroatoms. The maximum atomic E-state index is 9.76. The van der Waals surface area contributed by atoms with E-state index in [-0.39, 0.29) is 17.5 Å². The third-order valence-corrected chi connectivity index (χ3v) is 3.63. The number of aliphatic hydroxyl groups is 1. The van der Waals surface area contributed by atoms with Crippen LogP contribution in [0.2, 0.25) is 5.28 Å². The average molecular weight is 255 g/mol. The van der Waals surface area contributed by atoms with Crippen LogP contribution in [0.5, 0.6) is 5.88 Å². The van der Waals surface area contributed by atoms with Crippen LogP contribution in [0.1, 0.15) is 43.6 Å². The Morgan fingerprint density at radius 3 is 2.76 bits per heavy atom. The lowest BCUT2D eigenvalue weighted by Crippen LogP contribution is -2.26. The molecule has 2 aliphatic carbocycles. The van der Waals surface area contributed by atoms with E-state index in [4.69, 9.17) is 16.3 Å². The van der Waals surface area contributed by atoms with Crippen molar-refractivity contribution in [1.82, 2.24) is 9.97 Å². The molecule has 0 bridgehead atoms. The van der Waals surface area contributed by atoms with Gasteiger partial charge in [-0.1, -0.05) is 0 Å². The minimum atomic E-state index is -0.379. The van der Waals surface area contributed by atoms with E-state index in [1.807, 2.05) is 0 Å². The molecule has 92 valence electrons. The van der Waals surface area contributed by atoms with E-state index in [9.17, 15) is 5.11 Å². The van der Waals surface area contributed by atoms with E-state index >= 15 is 0 Å². The smallest absolute Gasteiger partial charge is 0.225 e. The zero-order chi connectivity index (χ0) is 11.8. The van der Waals surface area contributed by atoms with Gasteiger partial charge in [-0.05, 0) is 49.6 Å². The number of hydrogen-bond acceptors (Lipinski definition) is 4. The highest BCUT2D eigenvalue weighted by Crippen LogP contribution is 2.44. The predicted molar refractivity (Wildman–Crippen MR) is 63.3 cm³/mol. The van der Waals surface area contributed by atoms with Crippen LogP contribution < -0.4 is 4.74 Å². The Morgan fingerprint density at radius 1 is 1.29 bits per heavy atom. The van der Waals surface area contributed by atoms with Crippen molar-refractivity contribution >= 4 is 11.6 Å². The summed E-state index contributed by atoms with van der Waals surface area (Å²) in [6.07, 6.45) is 6.25. The molecule has 1 N–H and O–H groups in total. The summed E-state index contributed by atoms with van der Waals surface area (Å²) in [4.78, 5) is 8.16. The van der Waals surface area contributed by atoms with Gasteiger partial charge in [0.25, 0.3) is 0 Å². The molecule has 0 saturated heterocycles. The van der Waals surface area contributed by atoms with Crippen LogP contribution in [0.15, 0.2) is 6.20 Å². The zero-order valence-electron chi connectivity index (χ0n) is 9.47. The highest BCUT2D eigenvalue weighted by molar-refractivity contribution is 6.28. The summed E-state index contributed by atoms with van der Waals surface area (Å²) in [7, 11) is 0. The summed E-state index contributed by atoms with van der Waals surface area (Å²) in [5.41, 5.74) is 1.04. The van der Waals surface area contributed by atoms with Gasteiger partial charge >= 0.3 is 0 Å². The van der Waals surface area contributed by atoms with Gasteiger partial charge in [-0.3, -0.25) is 0 Å². The quantitative estimate of drug-likeness (QED) is 0.841. The van der Waals surface area contributed by atoms with Gasteiger partial charge in [0.05, 0.1) is 6.10 Å². The third kappa shape index (κ3) is 2.38. The Balaban J connectivity index is 1.82. The van der Waals surface area contributed by atoms with Crippen LogP contribution in [0.25, 0.3) is 0 Å². The highest BCUT2D eigenvalue weighted by atomic mass is 35.5. The lowest BCUT2D eigenvalue weighted by Gasteiger charge is -2.18. The molecule has 3 rings (SSSR count). The fourth-order valence-electron chi connectivity index (χ4n) is 2.31. The number of halogens is 1. The Kier molecular flexibility index (Phi) is 2.92. The molecule has 17 heavy (non-hydrogen) atoms. The Bertz CT molecular complexity index is 423. The Hall–Kier alpha value is -0.870. The molecule has 2 fully saturated rings. The normalized spacial score (nSPS) is 28.4. The minimum absolute atomic E-state index is 0.140. The summed E-state index contributed by atoms with van der Waals surface area (Å²) >= 11 is 5.80. The average Bonchev–Trinajstić information content (AvgIpc) is 3.05. The van der Waals surface area contributed by atoms with Crippen molar-refractivity contribution in [2.75, 3.05) is 0 Å². The number of hydrogen-bond donors (Lipinski definition) is 1. The minimum Gasteiger partial charge on any atom is -0.471 e. The number of aliphatic hydroxyl groups excluding tert-OH is 1.